The highest BCUT2D eigenvalue weighted by Gasteiger charge is 2.13. The number of aromatic nitrogens is 1. The number of pyridine rings is 1. The fourth-order valence-corrected chi connectivity index (χ4v) is 3.98. The summed E-state index contributed by atoms with van der Waals surface area (Å²) in [7, 11) is 1.81. The molecule has 41 heavy (non-hydrogen) atoms. The van der Waals surface area contributed by atoms with E-state index in [1.807, 2.05) is 86.1 Å². The average Bonchev–Trinajstić information content (AvgIpc) is 3.04. The third-order valence-electron chi connectivity index (χ3n) is 6.00. The number of benzene rings is 2. The molecule has 0 unspecified atom stereocenters. The van der Waals surface area contributed by atoms with Gasteiger partial charge in [-0.2, -0.15) is 0 Å². The summed E-state index contributed by atoms with van der Waals surface area (Å²) in [5.74, 6) is 0. The molecule has 3 heteroatoms. The minimum absolute atomic E-state index is 0.757. The van der Waals surface area contributed by atoms with Crippen LogP contribution >= 0.6 is 0 Å². The molecule has 0 aliphatic heterocycles. The fraction of sp³-hybridized carbons (Fsp3) is 0.316. The van der Waals surface area contributed by atoms with Gasteiger partial charge in [-0.1, -0.05) is 116 Å². The summed E-state index contributed by atoms with van der Waals surface area (Å²) in [6.45, 7) is 26.4. The quantitative estimate of drug-likeness (QED) is 0.201. The highest BCUT2D eigenvalue weighted by atomic mass is 14.9. The van der Waals surface area contributed by atoms with E-state index in [0.29, 0.717) is 0 Å². The molecule has 1 aromatic heterocycles. The van der Waals surface area contributed by atoms with Gasteiger partial charge in [0.25, 0.3) is 0 Å². The van der Waals surface area contributed by atoms with Crippen molar-refractivity contribution in [1.29, 1.82) is 0 Å². The normalized spacial score (nSPS) is 11.0. The van der Waals surface area contributed by atoms with Crippen molar-refractivity contribution in [3.05, 3.63) is 138 Å². The number of hydrogen-bond acceptors (Lipinski definition) is 3. The van der Waals surface area contributed by atoms with Crippen molar-refractivity contribution < 1.29 is 0 Å². The number of aliphatic imine (C=N–C) groups is 1. The Morgan fingerprint density at radius 3 is 2.12 bits per heavy atom. The molecule has 3 aromatic rings. The first-order valence-electron chi connectivity index (χ1n) is 15.0. The zero-order valence-electron chi connectivity index (χ0n) is 27.3. The molecular weight excluding hydrogens is 498 g/mol. The second-order valence-corrected chi connectivity index (χ2v) is 8.47. The Morgan fingerprint density at radius 2 is 1.56 bits per heavy atom. The van der Waals surface area contributed by atoms with E-state index in [-0.39, 0.29) is 0 Å². The third kappa shape index (κ3) is 12.0. The van der Waals surface area contributed by atoms with Gasteiger partial charge >= 0.3 is 0 Å². The highest BCUT2D eigenvalue weighted by Crippen LogP contribution is 2.25. The molecule has 0 spiro atoms. The molecule has 1 heterocycles. The monoisotopic (exact) mass is 551 g/mol. The Balaban J connectivity index is 0.00000250. The summed E-state index contributed by atoms with van der Waals surface area (Å²) in [5, 5.41) is 3.44. The maximum absolute atomic E-state index is 4.60. The van der Waals surface area contributed by atoms with E-state index in [4.69, 9.17) is 0 Å². The van der Waals surface area contributed by atoms with Gasteiger partial charge in [-0.05, 0) is 72.7 Å². The van der Waals surface area contributed by atoms with Crippen molar-refractivity contribution in [2.24, 2.45) is 4.99 Å². The SMILES string of the molecule is C=C/C(=C\C(=C/C)NC(=C)C(=NC)c1cc(-c2cncc(Cc3ccccc3)c2)ccc1C)CC.CC.CC.CC. The number of hydrogen-bond donors (Lipinski definition) is 1. The van der Waals surface area contributed by atoms with Crippen LogP contribution in [0.25, 0.3) is 11.1 Å². The maximum atomic E-state index is 4.60. The number of nitrogens with zero attached hydrogens (tertiary/aromatic N) is 2. The molecule has 0 bridgehead atoms. The number of nitrogens with one attached hydrogen (secondary N) is 1. The third-order valence-corrected chi connectivity index (χ3v) is 6.00. The van der Waals surface area contributed by atoms with Crippen LogP contribution < -0.4 is 5.32 Å². The molecule has 3 rings (SSSR count). The standard InChI is InChI=1S/C32H35N3.3C2H6/c1-7-25(8-2)19-30(9-3)35-24(5)32(33-6)31-20-28(16-15-23(31)4)29-18-27(21-34-22-29)17-26-13-11-10-12-14-26;3*1-2/h7,9-16,18-22,35H,1,5,8,17H2,2-4,6H3;3*1-2H3/b25-19+,30-9+,33-32?;;;. The predicted molar refractivity (Wildman–Crippen MR) is 185 cm³/mol. The van der Waals surface area contributed by atoms with Gasteiger partial charge in [0.15, 0.2) is 0 Å². The molecule has 220 valence electrons. The van der Waals surface area contributed by atoms with Crippen molar-refractivity contribution in [1.82, 2.24) is 10.3 Å². The van der Waals surface area contributed by atoms with Crippen LogP contribution in [0.2, 0.25) is 0 Å². The molecule has 0 aliphatic carbocycles. The number of allylic oxidation sites excluding steroid dienone is 5. The summed E-state index contributed by atoms with van der Waals surface area (Å²) in [5.41, 5.74) is 10.6. The lowest BCUT2D eigenvalue weighted by Crippen LogP contribution is -2.20. The summed E-state index contributed by atoms with van der Waals surface area (Å²) >= 11 is 0. The molecule has 0 fully saturated rings. The van der Waals surface area contributed by atoms with Gasteiger partial charge in [-0.15, -0.1) is 0 Å². The van der Waals surface area contributed by atoms with Crippen LogP contribution in [-0.4, -0.2) is 17.7 Å². The summed E-state index contributed by atoms with van der Waals surface area (Å²) in [6, 6.07) is 19.1. The second-order valence-electron chi connectivity index (χ2n) is 8.47. The minimum Gasteiger partial charge on any atom is -0.355 e. The van der Waals surface area contributed by atoms with Gasteiger partial charge in [0.05, 0.1) is 11.4 Å². The summed E-state index contributed by atoms with van der Waals surface area (Å²) < 4.78 is 0. The van der Waals surface area contributed by atoms with Crippen LogP contribution in [0.15, 0.2) is 120 Å². The van der Waals surface area contributed by atoms with Crippen molar-refractivity contribution >= 4 is 5.71 Å². The molecule has 3 nitrogen and oxygen atoms in total. The first-order valence-corrected chi connectivity index (χ1v) is 15.0. The largest absolute Gasteiger partial charge is 0.355 e. The lowest BCUT2D eigenvalue weighted by molar-refractivity contribution is 1.04. The Kier molecular flexibility index (Phi) is 19.7. The number of aryl methyl sites for hydroxylation is 1. The zero-order chi connectivity index (χ0) is 31.2. The van der Waals surface area contributed by atoms with Crippen LogP contribution in [0.3, 0.4) is 0 Å². The van der Waals surface area contributed by atoms with E-state index >= 15 is 0 Å². The summed E-state index contributed by atoms with van der Waals surface area (Å²) in [6.07, 6.45) is 11.6. The fourth-order valence-electron chi connectivity index (χ4n) is 3.98. The first-order chi connectivity index (χ1) is 20.0. The average molecular weight is 552 g/mol. The van der Waals surface area contributed by atoms with E-state index in [9.17, 15) is 0 Å². The predicted octanol–water partition coefficient (Wildman–Crippen LogP) is 10.7. The van der Waals surface area contributed by atoms with Crippen molar-refractivity contribution in [2.45, 2.75) is 75.2 Å². The Hall–Kier alpha value is -3.98. The molecule has 0 radical (unpaired) electrons. The molecule has 1 N–H and O–H groups in total. The summed E-state index contributed by atoms with van der Waals surface area (Å²) in [4.78, 5) is 9.13. The molecule has 0 atom stereocenters. The van der Waals surface area contributed by atoms with Gasteiger partial charge in [0, 0.05) is 36.3 Å². The molecule has 0 amide bonds. The van der Waals surface area contributed by atoms with E-state index in [2.05, 4.69) is 96.9 Å². The molecule has 0 saturated carbocycles. The smallest absolute Gasteiger partial charge is 0.0874 e. The van der Waals surface area contributed by atoms with E-state index in [0.717, 1.165) is 57.8 Å². The lowest BCUT2D eigenvalue weighted by Gasteiger charge is -2.17. The van der Waals surface area contributed by atoms with Gasteiger partial charge in [-0.25, -0.2) is 0 Å². The van der Waals surface area contributed by atoms with Crippen molar-refractivity contribution in [3.8, 4) is 11.1 Å². The molecule has 0 aliphatic rings. The van der Waals surface area contributed by atoms with Crippen molar-refractivity contribution in [3.63, 3.8) is 0 Å². The van der Waals surface area contributed by atoms with E-state index in [1.165, 1.54) is 11.1 Å². The van der Waals surface area contributed by atoms with Crippen LogP contribution in [0, 0.1) is 6.92 Å². The minimum atomic E-state index is 0.757. The van der Waals surface area contributed by atoms with Gasteiger partial charge in [0.2, 0.25) is 0 Å². The second kappa shape index (κ2) is 21.8. The van der Waals surface area contributed by atoms with Crippen LogP contribution in [0.5, 0.6) is 0 Å². The Labute approximate surface area is 251 Å². The first kappa shape index (κ1) is 37.0. The van der Waals surface area contributed by atoms with E-state index in [1.54, 1.807) is 0 Å². The van der Waals surface area contributed by atoms with Crippen LogP contribution in [0.4, 0.5) is 0 Å². The van der Waals surface area contributed by atoms with Gasteiger partial charge in [0.1, 0.15) is 0 Å². The van der Waals surface area contributed by atoms with Crippen LogP contribution in [0.1, 0.15) is 84.1 Å². The van der Waals surface area contributed by atoms with Crippen molar-refractivity contribution in [2.75, 3.05) is 7.05 Å². The van der Waals surface area contributed by atoms with Crippen LogP contribution in [-0.2, 0) is 6.42 Å². The van der Waals surface area contributed by atoms with E-state index < -0.39 is 0 Å². The Morgan fingerprint density at radius 1 is 0.902 bits per heavy atom. The Bertz CT molecular complexity index is 1280. The molecular formula is C38H53N3. The van der Waals surface area contributed by atoms with Gasteiger partial charge in [-0.3, -0.25) is 9.98 Å². The number of rotatable bonds is 10. The van der Waals surface area contributed by atoms with Gasteiger partial charge < -0.3 is 5.32 Å². The maximum Gasteiger partial charge on any atom is 0.0874 e. The topological polar surface area (TPSA) is 37.3 Å². The lowest BCUT2D eigenvalue weighted by atomic mass is 9.95. The molecule has 2 aromatic carbocycles. The zero-order valence-corrected chi connectivity index (χ0v) is 27.3. The highest BCUT2D eigenvalue weighted by molar-refractivity contribution is 6.13. The molecule has 0 saturated heterocycles.